The fourth-order valence-corrected chi connectivity index (χ4v) is 3.49. The Kier molecular flexibility index (Phi) is 4.29. The first kappa shape index (κ1) is 15.2. The van der Waals surface area contributed by atoms with Gasteiger partial charge in [0.1, 0.15) is 5.75 Å². The summed E-state index contributed by atoms with van der Waals surface area (Å²) >= 11 is 0. The van der Waals surface area contributed by atoms with Crippen LogP contribution in [0.2, 0.25) is 0 Å². The predicted molar refractivity (Wildman–Crippen MR) is 78.1 cm³/mol. The summed E-state index contributed by atoms with van der Waals surface area (Å²) in [7, 11) is 1.82. The topological polar surface area (TPSA) is 41.6 Å². The minimum absolute atomic E-state index is 0.0640. The van der Waals surface area contributed by atoms with Gasteiger partial charge in [0.2, 0.25) is 0 Å². The van der Waals surface area contributed by atoms with Gasteiger partial charge in [0.05, 0.1) is 0 Å². The van der Waals surface area contributed by atoms with E-state index in [9.17, 15) is 13.6 Å². The monoisotopic (exact) mass is 310 g/mol. The fraction of sp³-hybridized carbons (Fsp3) is 0.562. The number of hydrogen-bond acceptors (Lipinski definition) is 3. The first-order valence-corrected chi connectivity index (χ1v) is 7.61. The lowest BCUT2D eigenvalue weighted by atomic mass is 9.98. The third-order valence-corrected chi connectivity index (χ3v) is 4.64. The number of carbonyl (C=O) groups excluding carboxylic acids is 1. The lowest BCUT2D eigenvalue weighted by molar-refractivity contribution is -0.0498. The van der Waals surface area contributed by atoms with Crippen LogP contribution in [0, 0.1) is 0 Å². The van der Waals surface area contributed by atoms with Crippen LogP contribution in [-0.4, -0.2) is 42.6 Å². The van der Waals surface area contributed by atoms with Crippen molar-refractivity contribution in [2.75, 3.05) is 7.05 Å². The number of benzene rings is 1. The number of amides is 1. The van der Waals surface area contributed by atoms with Crippen LogP contribution in [0.3, 0.4) is 0 Å². The van der Waals surface area contributed by atoms with E-state index in [0.717, 1.165) is 12.8 Å². The predicted octanol–water partition coefficient (Wildman–Crippen LogP) is 2.64. The van der Waals surface area contributed by atoms with E-state index in [4.69, 9.17) is 0 Å². The van der Waals surface area contributed by atoms with Crippen molar-refractivity contribution in [3.63, 3.8) is 0 Å². The van der Waals surface area contributed by atoms with Gasteiger partial charge in [0, 0.05) is 30.7 Å². The molecule has 2 bridgehead atoms. The van der Waals surface area contributed by atoms with Crippen molar-refractivity contribution in [3.05, 3.63) is 29.8 Å². The van der Waals surface area contributed by atoms with Crippen molar-refractivity contribution in [1.29, 1.82) is 0 Å². The summed E-state index contributed by atoms with van der Waals surface area (Å²) in [5.74, 6) is -0.0102. The molecule has 1 aromatic carbocycles. The molecule has 2 heterocycles. The summed E-state index contributed by atoms with van der Waals surface area (Å²) in [6, 6.07) is 7.14. The normalized spacial score (nSPS) is 27.0. The Balaban J connectivity index is 1.65. The molecule has 2 unspecified atom stereocenters. The average Bonchev–Trinajstić information content (AvgIpc) is 2.84. The summed E-state index contributed by atoms with van der Waals surface area (Å²) in [5.41, 5.74) is 0.495. The number of rotatable bonds is 4. The van der Waals surface area contributed by atoms with E-state index < -0.39 is 6.61 Å². The summed E-state index contributed by atoms with van der Waals surface area (Å²) in [5, 5.41) is 3.55. The number of ether oxygens (including phenoxy) is 1. The van der Waals surface area contributed by atoms with Crippen LogP contribution >= 0.6 is 0 Å². The number of alkyl halides is 2. The van der Waals surface area contributed by atoms with Crippen molar-refractivity contribution < 1.29 is 18.3 Å². The second kappa shape index (κ2) is 6.20. The number of piperidine rings is 1. The molecule has 120 valence electrons. The lowest BCUT2D eigenvalue weighted by Crippen LogP contribution is -2.48. The average molecular weight is 310 g/mol. The van der Waals surface area contributed by atoms with E-state index >= 15 is 0 Å². The van der Waals surface area contributed by atoms with Crippen LogP contribution in [0.1, 0.15) is 36.0 Å². The minimum atomic E-state index is -2.85. The summed E-state index contributed by atoms with van der Waals surface area (Å²) in [6.07, 6.45) is 4.32. The van der Waals surface area contributed by atoms with Crippen molar-refractivity contribution in [2.24, 2.45) is 0 Å². The number of nitrogens with zero attached hydrogens (tertiary/aromatic N) is 1. The zero-order valence-electron chi connectivity index (χ0n) is 12.5. The van der Waals surface area contributed by atoms with E-state index in [-0.39, 0.29) is 17.7 Å². The first-order valence-electron chi connectivity index (χ1n) is 7.61. The quantitative estimate of drug-likeness (QED) is 0.929. The van der Waals surface area contributed by atoms with Crippen LogP contribution < -0.4 is 10.1 Å². The molecule has 2 atom stereocenters. The Labute approximate surface area is 128 Å². The minimum Gasteiger partial charge on any atom is -0.435 e. The Morgan fingerprint density at radius 2 is 1.82 bits per heavy atom. The second-order valence-electron chi connectivity index (χ2n) is 6.08. The number of nitrogens with one attached hydrogen (secondary N) is 1. The summed E-state index contributed by atoms with van der Waals surface area (Å²) in [4.78, 5) is 14.3. The molecule has 1 aromatic rings. The van der Waals surface area contributed by atoms with Gasteiger partial charge in [-0.15, -0.1) is 0 Å². The molecule has 1 amide bonds. The molecular weight excluding hydrogens is 290 g/mol. The fourth-order valence-electron chi connectivity index (χ4n) is 3.49. The van der Waals surface area contributed by atoms with Crippen LogP contribution in [0.4, 0.5) is 8.78 Å². The van der Waals surface area contributed by atoms with E-state index in [1.54, 1.807) is 4.90 Å². The van der Waals surface area contributed by atoms with Gasteiger partial charge in [0.15, 0.2) is 0 Å². The third kappa shape index (κ3) is 3.21. The Morgan fingerprint density at radius 3 is 2.36 bits per heavy atom. The molecule has 0 aromatic heterocycles. The molecular formula is C16H20F2N2O2. The smallest absolute Gasteiger partial charge is 0.387 e. The van der Waals surface area contributed by atoms with Crippen LogP contribution in [0.25, 0.3) is 0 Å². The molecule has 2 fully saturated rings. The van der Waals surface area contributed by atoms with Gasteiger partial charge >= 0.3 is 6.61 Å². The highest BCUT2D eigenvalue weighted by molar-refractivity contribution is 5.94. The maximum Gasteiger partial charge on any atom is 0.387 e. The first-order chi connectivity index (χ1) is 10.5. The van der Waals surface area contributed by atoms with E-state index in [1.807, 2.05) is 7.05 Å². The van der Waals surface area contributed by atoms with Crippen LogP contribution in [-0.2, 0) is 0 Å². The summed E-state index contributed by atoms with van der Waals surface area (Å²) in [6.45, 7) is -2.85. The van der Waals surface area contributed by atoms with Crippen LogP contribution in [0.5, 0.6) is 5.75 Å². The maximum absolute atomic E-state index is 12.5. The lowest BCUT2D eigenvalue weighted by Gasteiger charge is -2.35. The molecule has 1 N–H and O–H groups in total. The van der Waals surface area contributed by atoms with E-state index in [1.165, 1.54) is 37.1 Å². The molecule has 0 saturated carbocycles. The van der Waals surface area contributed by atoms with Crippen molar-refractivity contribution in [3.8, 4) is 5.75 Å². The highest BCUT2D eigenvalue weighted by atomic mass is 19.3. The van der Waals surface area contributed by atoms with Gasteiger partial charge in [-0.05, 0) is 49.9 Å². The SMILES string of the molecule is CN(C(=O)c1ccc(OC(F)F)cc1)C1CC2CCC(C1)N2. The Bertz CT molecular complexity index is 523. The maximum atomic E-state index is 12.5. The van der Waals surface area contributed by atoms with Gasteiger partial charge in [-0.3, -0.25) is 4.79 Å². The molecule has 2 aliphatic heterocycles. The van der Waals surface area contributed by atoms with Crippen molar-refractivity contribution in [1.82, 2.24) is 10.2 Å². The second-order valence-corrected chi connectivity index (χ2v) is 6.08. The molecule has 0 radical (unpaired) electrons. The highest BCUT2D eigenvalue weighted by Crippen LogP contribution is 2.30. The van der Waals surface area contributed by atoms with Crippen LogP contribution in [0.15, 0.2) is 24.3 Å². The van der Waals surface area contributed by atoms with Gasteiger partial charge in [-0.1, -0.05) is 0 Å². The van der Waals surface area contributed by atoms with Crippen molar-refractivity contribution >= 4 is 5.91 Å². The molecule has 2 aliphatic rings. The standard InChI is InChI=1S/C16H20F2N2O2/c1-20(13-8-11-4-5-12(9-13)19-11)15(21)10-2-6-14(7-3-10)22-16(17)18/h2-3,6-7,11-13,16,19H,4-5,8-9H2,1H3. The molecule has 0 aliphatic carbocycles. The number of hydrogen-bond donors (Lipinski definition) is 1. The van der Waals surface area contributed by atoms with E-state index in [2.05, 4.69) is 10.1 Å². The van der Waals surface area contributed by atoms with E-state index in [0.29, 0.717) is 17.6 Å². The molecule has 3 rings (SSSR count). The largest absolute Gasteiger partial charge is 0.435 e. The molecule has 22 heavy (non-hydrogen) atoms. The Hall–Kier alpha value is -1.69. The third-order valence-electron chi connectivity index (χ3n) is 4.64. The highest BCUT2D eigenvalue weighted by Gasteiger charge is 2.36. The zero-order chi connectivity index (χ0) is 15.7. The molecule has 0 spiro atoms. The molecule has 4 nitrogen and oxygen atoms in total. The Morgan fingerprint density at radius 1 is 1.23 bits per heavy atom. The molecule has 6 heteroatoms. The number of carbonyl (C=O) groups is 1. The summed E-state index contributed by atoms with van der Waals surface area (Å²) < 4.78 is 28.5. The number of fused-ring (bicyclic) bond motifs is 2. The molecule has 2 saturated heterocycles. The van der Waals surface area contributed by atoms with Gasteiger partial charge in [-0.25, -0.2) is 0 Å². The van der Waals surface area contributed by atoms with Crippen molar-refractivity contribution in [2.45, 2.75) is 50.4 Å². The van der Waals surface area contributed by atoms with Gasteiger partial charge in [0.25, 0.3) is 5.91 Å². The van der Waals surface area contributed by atoms with Gasteiger partial charge < -0.3 is 15.0 Å². The zero-order valence-corrected chi connectivity index (χ0v) is 12.5. The van der Waals surface area contributed by atoms with Gasteiger partial charge in [-0.2, -0.15) is 8.78 Å². The number of halogens is 2.